The van der Waals surface area contributed by atoms with Crippen molar-refractivity contribution < 1.29 is 17.9 Å². The van der Waals surface area contributed by atoms with E-state index in [0.717, 1.165) is 0 Å². The first-order chi connectivity index (χ1) is 9.41. The molecule has 0 N–H and O–H groups in total. The number of amides is 1. The van der Waals surface area contributed by atoms with E-state index in [9.17, 15) is 13.2 Å². The molecule has 110 valence electrons. The Morgan fingerprint density at radius 3 is 2.55 bits per heavy atom. The van der Waals surface area contributed by atoms with Crippen LogP contribution in [0.3, 0.4) is 0 Å². The van der Waals surface area contributed by atoms with Gasteiger partial charge in [-0.15, -0.1) is 0 Å². The molecule has 6 nitrogen and oxygen atoms in total. The summed E-state index contributed by atoms with van der Waals surface area (Å²) in [7, 11) is -1.93. The summed E-state index contributed by atoms with van der Waals surface area (Å²) >= 11 is 0. The number of benzene rings is 1. The zero-order valence-corrected chi connectivity index (χ0v) is 12.6. The van der Waals surface area contributed by atoms with Crippen molar-refractivity contribution >= 4 is 21.6 Å². The lowest BCUT2D eigenvalue weighted by Crippen LogP contribution is -2.36. The third kappa shape index (κ3) is 2.38. The van der Waals surface area contributed by atoms with Gasteiger partial charge in [0.15, 0.2) is 6.61 Å². The van der Waals surface area contributed by atoms with Gasteiger partial charge in [0, 0.05) is 20.1 Å². The summed E-state index contributed by atoms with van der Waals surface area (Å²) in [6.45, 7) is 4.37. The van der Waals surface area contributed by atoms with Gasteiger partial charge in [-0.25, -0.2) is 8.42 Å². The van der Waals surface area contributed by atoms with E-state index in [0.29, 0.717) is 24.5 Å². The van der Waals surface area contributed by atoms with E-state index in [1.165, 1.54) is 21.3 Å². The van der Waals surface area contributed by atoms with E-state index < -0.39 is 10.0 Å². The molecule has 0 aromatic heterocycles. The van der Waals surface area contributed by atoms with Gasteiger partial charge in [0.05, 0.1) is 10.6 Å². The standard InChI is InChI=1S/C13H18N2O4S/c1-4-15(5-2)20(17,18)10-6-7-12-11(8-10)14(3)13(16)9-19-12/h6-8H,4-5,9H2,1-3H3. The predicted octanol–water partition coefficient (Wildman–Crippen LogP) is 1.07. The van der Waals surface area contributed by atoms with Crippen molar-refractivity contribution in [2.24, 2.45) is 0 Å². The Morgan fingerprint density at radius 1 is 1.30 bits per heavy atom. The number of anilines is 1. The van der Waals surface area contributed by atoms with Gasteiger partial charge in [-0.1, -0.05) is 13.8 Å². The van der Waals surface area contributed by atoms with E-state index >= 15 is 0 Å². The first-order valence-electron chi connectivity index (χ1n) is 6.45. The van der Waals surface area contributed by atoms with Gasteiger partial charge in [-0.2, -0.15) is 4.31 Å². The van der Waals surface area contributed by atoms with Crippen molar-refractivity contribution in [3.05, 3.63) is 18.2 Å². The fourth-order valence-corrected chi connectivity index (χ4v) is 3.60. The Balaban J connectivity index is 2.48. The Labute approximate surface area is 119 Å². The summed E-state index contributed by atoms with van der Waals surface area (Å²) in [6, 6.07) is 4.59. The zero-order chi connectivity index (χ0) is 14.9. The maximum atomic E-state index is 12.5. The second-order valence-corrected chi connectivity index (χ2v) is 6.40. The number of likely N-dealkylation sites (N-methyl/N-ethyl adjacent to an activating group) is 1. The van der Waals surface area contributed by atoms with Crippen LogP contribution in [-0.4, -0.2) is 45.4 Å². The highest BCUT2D eigenvalue weighted by Gasteiger charge is 2.27. The number of nitrogens with zero attached hydrogens (tertiary/aromatic N) is 2. The lowest BCUT2D eigenvalue weighted by molar-refractivity contribution is -0.120. The Morgan fingerprint density at radius 2 is 1.95 bits per heavy atom. The number of fused-ring (bicyclic) bond motifs is 1. The molecule has 0 fully saturated rings. The maximum Gasteiger partial charge on any atom is 0.264 e. The molecule has 1 heterocycles. The fraction of sp³-hybridized carbons (Fsp3) is 0.462. The first kappa shape index (κ1) is 14.8. The highest BCUT2D eigenvalue weighted by Crippen LogP contribution is 2.33. The van der Waals surface area contributed by atoms with Crippen LogP contribution in [-0.2, 0) is 14.8 Å². The van der Waals surface area contributed by atoms with Crippen molar-refractivity contribution in [1.82, 2.24) is 4.31 Å². The van der Waals surface area contributed by atoms with Crippen LogP contribution in [0.25, 0.3) is 0 Å². The molecule has 0 saturated heterocycles. The van der Waals surface area contributed by atoms with Gasteiger partial charge in [-0.05, 0) is 18.2 Å². The quantitative estimate of drug-likeness (QED) is 0.834. The molecule has 1 aromatic carbocycles. The highest BCUT2D eigenvalue weighted by molar-refractivity contribution is 7.89. The minimum atomic E-state index is -3.54. The van der Waals surface area contributed by atoms with Crippen LogP contribution < -0.4 is 9.64 Å². The van der Waals surface area contributed by atoms with Crippen molar-refractivity contribution in [2.45, 2.75) is 18.7 Å². The summed E-state index contributed by atoms with van der Waals surface area (Å²) in [5, 5.41) is 0. The highest BCUT2D eigenvalue weighted by atomic mass is 32.2. The normalized spacial score (nSPS) is 15.2. The van der Waals surface area contributed by atoms with E-state index in [4.69, 9.17) is 4.74 Å². The maximum absolute atomic E-state index is 12.5. The molecule has 1 aliphatic rings. The van der Waals surface area contributed by atoms with Crippen LogP contribution in [0, 0.1) is 0 Å². The van der Waals surface area contributed by atoms with Crippen molar-refractivity contribution in [3.63, 3.8) is 0 Å². The van der Waals surface area contributed by atoms with Crippen molar-refractivity contribution in [2.75, 3.05) is 31.6 Å². The largest absolute Gasteiger partial charge is 0.482 e. The van der Waals surface area contributed by atoms with Gasteiger partial charge < -0.3 is 9.64 Å². The minimum Gasteiger partial charge on any atom is -0.482 e. The van der Waals surface area contributed by atoms with Crippen LogP contribution >= 0.6 is 0 Å². The first-order valence-corrected chi connectivity index (χ1v) is 7.89. The fourth-order valence-electron chi connectivity index (χ4n) is 2.13. The molecule has 1 aromatic rings. The number of ether oxygens (including phenoxy) is 1. The molecule has 1 amide bonds. The molecule has 0 bridgehead atoms. The smallest absolute Gasteiger partial charge is 0.264 e. The van der Waals surface area contributed by atoms with E-state index in [-0.39, 0.29) is 17.4 Å². The molecule has 0 radical (unpaired) electrons. The van der Waals surface area contributed by atoms with E-state index in [1.54, 1.807) is 27.0 Å². The zero-order valence-electron chi connectivity index (χ0n) is 11.8. The van der Waals surface area contributed by atoms with E-state index in [1.807, 2.05) is 0 Å². The van der Waals surface area contributed by atoms with Gasteiger partial charge in [-0.3, -0.25) is 4.79 Å². The minimum absolute atomic E-state index is 0.0222. The lowest BCUT2D eigenvalue weighted by Gasteiger charge is -2.27. The second-order valence-electron chi connectivity index (χ2n) is 4.46. The third-order valence-electron chi connectivity index (χ3n) is 3.36. The van der Waals surface area contributed by atoms with Gasteiger partial charge in [0.25, 0.3) is 5.91 Å². The second kappa shape index (κ2) is 5.41. The molecule has 1 aliphatic heterocycles. The number of hydrogen-bond donors (Lipinski definition) is 0. The van der Waals surface area contributed by atoms with Crippen LogP contribution in [0.15, 0.2) is 23.1 Å². The van der Waals surface area contributed by atoms with E-state index in [2.05, 4.69) is 0 Å². The molecular weight excluding hydrogens is 280 g/mol. The molecule has 0 atom stereocenters. The average molecular weight is 298 g/mol. The number of carbonyl (C=O) groups excluding carboxylic acids is 1. The third-order valence-corrected chi connectivity index (χ3v) is 5.41. The monoisotopic (exact) mass is 298 g/mol. The molecule has 0 aliphatic carbocycles. The van der Waals surface area contributed by atoms with Crippen molar-refractivity contribution in [1.29, 1.82) is 0 Å². The molecule has 0 saturated carbocycles. The summed E-state index contributed by atoms with van der Waals surface area (Å²) in [5.41, 5.74) is 0.481. The van der Waals surface area contributed by atoms with Crippen LogP contribution in [0.5, 0.6) is 5.75 Å². The average Bonchev–Trinajstić information content (AvgIpc) is 2.43. The lowest BCUT2D eigenvalue weighted by atomic mass is 10.2. The molecule has 0 unspecified atom stereocenters. The number of rotatable bonds is 4. The Kier molecular flexibility index (Phi) is 4.01. The van der Waals surface area contributed by atoms with Gasteiger partial charge in [0.1, 0.15) is 5.75 Å². The molecule has 7 heteroatoms. The summed E-state index contributed by atoms with van der Waals surface area (Å²) < 4.78 is 31.6. The Bertz CT molecular complexity index is 623. The van der Waals surface area contributed by atoms with Crippen LogP contribution in [0.2, 0.25) is 0 Å². The summed E-state index contributed by atoms with van der Waals surface area (Å²) in [6.07, 6.45) is 0. The molecule has 0 spiro atoms. The SMILES string of the molecule is CCN(CC)S(=O)(=O)c1ccc2c(c1)N(C)C(=O)CO2. The predicted molar refractivity (Wildman–Crippen MR) is 75.5 cm³/mol. The van der Waals surface area contributed by atoms with Gasteiger partial charge >= 0.3 is 0 Å². The molecule has 20 heavy (non-hydrogen) atoms. The van der Waals surface area contributed by atoms with Gasteiger partial charge in [0.2, 0.25) is 10.0 Å². The summed E-state index contributed by atoms with van der Waals surface area (Å²) in [5.74, 6) is 0.320. The number of sulfonamides is 1. The summed E-state index contributed by atoms with van der Waals surface area (Å²) in [4.78, 5) is 13.2. The van der Waals surface area contributed by atoms with Crippen LogP contribution in [0.4, 0.5) is 5.69 Å². The van der Waals surface area contributed by atoms with Crippen molar-refractivity contribution in [3.8, 4) is 5.75 Å². The topological polar surface area (TPSA) is 66.9 Å². The Hall–Kier alpha value is -1.60. The molecular formula is C13H18N2O4S. The number of hydrogen-bond acceptors (Lipinski definition) is 4. The van der Waals surface area contributed by atoms with Crippen LogP contribution in [0.1, 0.15) is 13.8 Å². The molecule has 2 rings (SSSR count). The number of carbonyl (C=O) groups is 1.